The predicted molar refractivity (Wildman–Crippen MR) is 70.1 cm³/mol. The first-order chi connectivity index (χ1) is 9.43. The summed E-state index contributed by atoms with van der Waals surface area (Å²) < 4.78 is 0. The standard InChI is InChI=1S/2C7H6O3.Cd/c2*8-6-4-2-1-3-5(6)7(9)10;/h2*1-4,8H,(H,9,10);. The Kier molecular flexibility index (Phi) is 8.06. The third-order valence-electron chi connectivity index (χ3n) is 2.27. The van der Waals surface area contributed by atoms with Gasteiger partial charge in [0.25, 0.3) is 0 Å². The SMILES string of the molecule is O=C(O)c1ccccc1O.O=C(O)c1ccccc1O.[Cd]. The smallest absolute Gasteiger partial charge is 0.339 e. The van der Waals surface area contributed by atoms with Gasteiger partial charge in [-0.05, 0) is 24.3 Å². The molecule has 0 heterocycles. The third kappa shape index (κ3) is 5.81. The number of benzene rings is 2. The minimum absolute atomic E-state index is 0. The molecule has 0 aliphatic heterocycles. The van der Waals surface area contributed by atoms with Crippen molar-refractivity contribution in [3.05, 3.63) is 59.7 Å². The van der Waals surface area contributed by atoms with Crippen molar-refractivity contribution in [3.63, 3.8) is 0 Å². The van der Waals surface area contributed by atoms with E-state index >= 15 is 0 Å². The Balaban J connectivity index is 0.000000364. The summed E-state index contributed by atoms with van der Waals surface area (Å²) in [6.07, 6.45) is 0. The molecule has 0 unspecified atom stereocenters. The van der Waals surface area contributed by atoms with Crippen LogP contribution in [0, 0.1) is 0 Å². The molecule has 0 saturated heterocycles. The fourth-order valence-corrected chi connectivity index (χ4v) is 1.31. The average molecular weight is 389 g/mol. The number of carboxylic acid groups (broad SMARTS) is 2. The van der Waals surface area contributed by atoms with Gasteiger partial charge in [-0.2, -0.15) is 0 Å². The van der Waals surface area contributed by atoms with Crippen LogP contribution in [0.1, 0.15) is 20.7 Å². The topological polar surface area (TPSA) is 115 Å². The average Bonchev–Trinajstić information content (AvgIpc) is 2.40. The molecule has 0 aliphatic carbocycles. The summed E-state index contributed by atoms with van der Waals surface area (Å²) >= 11 is 0. The van der Waals surface area contributed by atoms with E-state index in [4.69, 9.17) is 20.4 Å². The van der Waals surface area contributed by atoms with E-state index in [1.807, 2.05) is 0 Å². The van der Waals surface area contributed by atoms with Crippen LogP contribution < -0.4 is 0 Å². The maximum Gasteiger partial charge on any atom is 0.339 e. The molecule has 2 aromatic rings. The Morgan fingerprint density at radius 1 is 0.667 bits per heavy atom. The summed E-state index contributed by atoms with van der Waals surface area (Å²) in [5, 5.41) is 34.6. The molecular formula is C14H12CdO6. The van der Waals surface area contributed by atoms with Crippen LogP contribution in [0.2, 0.25) is 0 Å². The molecule has 0 saturated carbocycles. The van der Waals surface area contributed by atoms with Gasteiger partial charge in [0.2, 0.25) is 0 Å². The number of carbonyl (C=O) groups is 2. The van der Waals surface area contributed by atoms with Gasteiger partial charge >= 0.3 is 11.9 Å². The number of rotatable bonds is 2. The first-order valence-electron chi connectivity index (χ1n) is 5.46. The van der Waals surface area contributed by atoms with Gasteiger partial charge in [0, 0.05) is 27.3 Å². The van der Waals surface area contributed by atoms with Gasteiger partial charge in [-0.15, -0.1) is 0 Å². The molecule has 2 rings (SSSR count). The molecule has 0 fully saturated rings. The fourth-order valence-electron chi connectivity index (χ4n) is 1.31. The van der Waals surface area contributed by atoms with Gasteiger partial charge in [0.05, 0.1) is 0 Å². The number of phenols is 2. The second-order valence-electron chi connectivity index (χ2n) is 3.64. The minimum atomic E-state index is -1.11. The van der Waals surface area contributed by atoms with Gasteiger partial charge in [0.15, 0.2) is 0 Å². The van der Waals surface area contributed by atoms with E-state index < -0.39 is 11.9 Å². The Labute approximate surface area is 140 Å². The second kappa shape index (κ2) is 8.95. The number of hydrogen-bond acceptors (Lipinski definition) is 4. The first kappa shape index (κ1) is 18.9. The number of aromatic hydroxyl groups is 2. The van der Waals surface area contributed by atoms with Crippen molar-refractivity contribution in [1.29, 1.82) is 0 Å². The van der Waals surface area contributed by atoms with Gasteiger partial charge < -0.3 is 20.4 Å². The van der Waals surface area contributed by atoms with Crippen LogP contribution >= 0.6 is 0 Å². The van der Waals surface area contributed by atoms with Crippen LogP contribution in [0.15, 0.2) is 48.5 Å². The van der Waals surface area contributed by atoms with Crippen molar-refractivity contribution < 1.29 is 57.3 Å². The molecule has 21 heavy (non-hydrogen) atoms. The first-order valence-corrected chi connectivity index (χ1v) is 5.46. The molecule has 7 heteroatoms. The number of hydrogen-bond donors (Lipinski definition) is 4. The van der Waals surface area contributed by atoms with Gasteiger partial charge in [0.1, 0.15) is 22.6 Å². The van der Waals surface area contributed by atoms with E-state index in [0.717, 1.165) is 0 Å². The fraction of sp³-hybridized carbons (Fsp3) is 0. The molecule has 4 N–H and O–H groups in total. The Morgan fingerprint density at radius 3 is 1.14 bits per heavy atom. The van der Waals surface area contributed by atoms with E-state index in [9.17, 15) is 9.59 Å². The number of carboxylic acids is 2. The molecule has 6 nitrogen and oxygen atoms in total. The second-order valence-corrected chi connectivity index (χ2v) is 3.64. The molecule has 0 aromatic heterocycles. The molecule has 0 atom stereocenters. The van der Waals surface area contributed by atoms with E-state index in [1.54, 1.807) is 24.3 Å². The molecule has 106 valence electrons. The van der Waals surface area contributed by atoms with E-state index in [0.29, 0.717) is 0 Å². The zero-order valence-corrected chi connectivity index (χ0v) is 15.0. The predicted octanol–water partition coefficient (Wildman–Crippen LogP) is 2.18. The molecule has 0 radical (unpaired) electrons. The minimum Gasteiger partial charge on any atom is -0.507 e. The molecule has 0 amide bonds. The monoisotopic (exact) mass is 390 g/mol. The maximum atomic E-state index is 10.3. The summed E-state index contributed by atoms with van der Waals surface area (Å²) in [7, 11) is 0. The van der Waals surface area contributed by atoms with Gasteiger partial charge in [-0.1, -0.05) is 24.3 Å². The summed E-state index contributed by atoms with van der Waals surface area (Å²) in [4.78, 5) is 20.5. The van der Waals surface area contributed by atoms with Crippen molar-refractivity contribution in [3.8, 4) is 11.5 Å². The number of aromatic carboxylic acids is 2. The summed E-state index contributed by atoms with van der Waals surface area (Å²) in [6, 6.07) is 11.6. The normalized spacial score (nSPS) is 8.76. The van der Waals surface area contributed by atoms with Crippen LogP contribution in [-0.2, 0) is 27.3 Å². The van der Waals surface area contributed by atoms with Gasteiger partial charge in [-0.25, -0.2) is 9.59 Å². The zero-order chi connectivity index (χ0) is 15.1. The van der Waals surface area contributed by atoms with Crippen LogP contribution in [0.5, 0.6) is 11.5 Å². The molecular weight excluding hydrogens is 377 g/mol. The Morgan fingerprint density at radius 2 is 0.952 bits per heavy atom. The Bertz CT molecular complexity index is 571. The Hall–Kier alpha value is -2.10. The molecule has 0 bridgehead atoms. The summed E-state index contributed by atoms with van der Waals surface area (Å²) in [5.41, 5.74) is -0.134. The molecule has 2 aromatic carbocycles. The quantitative estimate of drug-likeness (QED) is 0.586. The van der Waals surface area contributed by atoms with E-state index in [2.05, 4.69) is 0 Å². The van der Waals surface area contributed by atoms with E-state index in [1.165, 1.54) is 24.3 Å². The molecule has 0 spiro atoms. The summed E-state index contributed by atoms with van der Waals surface area (Å²) in [5.74, 6) is -2.62. The van der Waals surface area contributed by atoms with Crippen molar-refractivity contribution in [2.45, 2.75) is 0 Å². The third-order valence-corrected chi connectivity index (χ3v) is 2.27. The van der Waals surface area contributed by atoms with Gasteiger partial charge in [-0.3, -0.25) is 0 Å². The van der Waals surface area contributed by atoms with Crippen LogP contribution in [-0.4, -0.2) is 32.4 Å². The zero-order valence-electron chi connectivity index (χ0n) is 10.9. The van der Waals surface area contributed by atoms with Crippen molar-refractivity contribution in [2.24, 2.45) is 0 Å². The van der Waals surface area contributed by atoms with Crippen molar-refractivity contribution in [2.75, 3.05) is 0 Å². The summed E-state index contributed by atoms with van der Waals surface area (Å²) in [6.45, 7) is 0. The van der Waals surface area contributed by atoms with E-state index in [-0.39, 0.29) is 49.9 Å². The van der Waals surface area contributed by atoms with Crippen molar-refractivity contribution >= 4 is 11.9 Å². The molecule has 0 aliphatic rings. The van der Waals surface area contributed by atoms with Crippen LogP contribution in [0.4, 0.5) is 0 Å². The van der Waals surface area contributed by atoms with Crippen LogP contribution in [0.25, 0.3) is 0 Å². The maximum absolute atomic E-state index is 10.3. The van der Waals surface area contributed by atoms with Crippen molar-refractivity contribution in [1.82, 2.24) is 0 Å². The largest absolute Gasteiger partial charge is 0.507 e. The number of para-hydroxylation sites is 2. The van der Waals surface area contributed by atoms with Crippen LogP contribution in [0.3, 0.4) is 0 Å².